The number of carbonyl (C=O) groups is 1. The molecular formula is C28H33ClF2N3O9P. The molecule has 5 atom stereocenters. The third-order valence-electron chi connectivity index (χ3n) is 5.86. The monoisotopic (exact) mass is 659 g/mol. The summed E-state index contributed by atoms with van der Waals surface area (Å²) < 4.78 is 65.4. The number of benzene rings is 2. The summed E-state index contributed by atoms with van der Waals surface area (Å²) in [5.74, 6) is -1.32. The topological polar surface area (TPSA) is 158 Å². The van der Waals surface area contributed by atoms with E-state index in [1.807, 2.05) is 4.98 Å². The van der Waals surface area contributed by atoms with Gasteiger partial charge >= 0.3 is 19.4 Å². The molecule has 0 aliphatic rings. The molecule has 240 valence electrons. The SMILES string of the molecule is CC(C)OC(=O)C(C)NP(=O)(OCC(CO)OC(C(C)F)n1ccc(=O)[nH]c1=O)Oc1ccc(-c2ccc(Cl)cc2F)cc1. The van der Waals surface area contributed by atoms with Crippen molar-refractivity contribution in [3.05, 3.63) is 86.4 Å². The molecule has 3 rings (SSSR count). The molecule has 2 aromatic carbocycles. The molecule has 0 aliphatic heterocycles. The van der Waals surface area contributed by atoms with Crippen molar-refractivity contribution in [1.82, 2.24) is 14.6 Å². The highest BCUT2D eigenvalue weighted by atomic mass is 35.5. The number of nitrogens with one attached hydrogen (secondary N) is 2. The molecule has 16 heteroatoms. The first kappa shape index (κ1) is 35.1. The number of alkyl halides is 1. The van der Waals surface area contributed by atoms with E-state index < -0.39 is 74.6 Å². The number of nitrogens with zero attached hydrogens (tertiary/aromatic N) is 1. The summed E-state index contributed by atoms with van der Waals surface area (Å²) in [5, 5.41) is 12.6. The maximum Gasteiger partial charge on any atom is 0.459 e. The number of H-pyrrole nitrogens is 1. The van der Waals surface area contributed by atoms with Gasteiger partial charge in [-0.05, 0) is 63.6 Å². The van der Waals surface area contributed by atoms with E-state index in [0.717, 1.165) is 29.8 Å². The molecule has 0 fully saturated rings. The van der Waals surface area contributed by atoms with Crippen LogP contribution in [0.2, 0.25) is 5.02 Å². The van der Waals surface area contributed by atoms with E-state index in [9.17, 15) is 32.8 Å². The molecule has 12 nitrogen and oxygen atoms in total. The van der Waals surface area contributed by atoms with E-state index in [0.29, 0.717) is 5.56 Å². The van der Waals surface area contributed by atoms with Crippen LogP contribution >= 0.6 is 19.3 Å². The van der Waals surface area contributed by atoms with Gasteiger partial charge < -0.3 is 19.1 Å². The van der Waals surface area contributed by atoms with E-state index in [1.165, 1.54) is 43.3 Å². The van der Waals surface area contributed by atoms with Crippen molar-refractivity contribution in [3.63, 3.8) is 0 Å². The summed E-state index contributed by atoms with van der Waals surface area (Å²) in [6, 6.07) is 9.74. The predicted molar refractivity (Wildman–Crippen MR) is 158 cm³/mol. The number of aromatic nitrogens is 2. The molecule has 0 radical (unpaired) electrons. The van der Waals surface area contributed by atoms with Gasteiger partial charge in [-0.15, -0.1) is 0 Å². The molecule has 1 aromatic heterocycles. The van der Waals surface area contributed by atoms with Crippen molar-refractivity contribution in [2.75, 3.05) is 13.2 Å². The zero-order valence-electron chi connectivity index (χ0n) is 24.2. The average Bonchev–Trinajstić information content (AvgIpc) is 2.94. The average molecular weight is 660 g/mol. The molecule has 0 spiro atoms. The van der Waals surface area contributed by atoms with Gasteiger partial charge in [-0.2, -0.15) is 5.09 Å². The molecule has 1 heterocycles. The Morgan fingerprint density at radius 1 is 1.11 bits per heavy atom. The Bertz CT molecular complexity index is 1580. The van der Waals surface area contributed by atoms with Crippen molar-refractivity contribution in [2.45, 2.75) is 58.3 Å². The normalized spacial score (nSPS) is 15.7. The van der Waals surface area contributed by atoms with E-state index in [-0.39, 0.29) is 16.3 Å². The molecule has 3 N–H and O–H groups in total. The Kier molecular flexibility index (Phi) is 12.4. The highest BCUT2D eigenvalue weighted by Gasteiger charge is 2.34. The highest BCUT2D eigenvalue weighted by Crippen LogP contribution is 2.45. The van der Waals surface area contributed by atoms with Crippen LogP contribution in [0.4, 0.5) is 8.78 Å². The van der Waals surface area contributed by atoms with Gasteiger partial charge in [0.15, 0.2) is 6.23 Å². The number of aliphatic hydroxyl groups is 1. The smallest absolute Gasteiger partial charge is 0.459 e. The second-order valence-corrected chi connectivity index (χ2v) is 12.0. The minimum Gasteiger partial charge on any atom is -0.462 e. The standard InChI is InChI=1S/C28H33ClF2N3O9P/c1-16(2)41-27(37)18(4)33-44(39,43-21-8-5-19(6-9-21)23-10-7-20(29)13-24(23)31)40-15-22(14-35)42-26(17(3)30)34-12-11-25(36)32-28(34)38/h5-13,16-18,22,26,35H,14-15H2,1-4H3,(H,33,39)(H,32,36,38). The molecular weight excluding hydrogens is 627 g/mol. The first-order valence-electron chi connectivity index (χ1n) is 13.4. The number of aliphatic hydroxyl groups excluding tert-OH is 1. The number of carbonyl (C=O) groups excluding carboxylic acids is 1. The van der Waals surface area contributed by atoms with Gasteiger partial charge in [-0.3, -0.25) is 23.7 Å². The summed E-state index contributed by atoms with van der Waals surface area (Å²) in [5.41, 5.74) is -0.953. The molecule has 3 aromatic rings. The van der Waals surface area contributed by atoms with Crippen LogP contribution in [0.5, 0.6) is 5.75 Å². The minimum absolute atomic E-state index is 0.0000945. The number of aromatic amines is 1. The minimum atomic E-state index is -4.46. The summed E-state index contributed by atoms with van der Waals surface area (Å²) in [6.45, 7) is 4.27. The Morgan fingerprint density at radius 2 is 1.80 bits per heavy atom. The van der Waals surface area contributed by atoms with Crippen LogP contribution in [0.25, 0.3) is 11.1 Å². The van der Waals surface area contributed by atoms with Crippen LogP contribution in [0, 0.1) is 5.82 Å². The summed E-state index contributed by atoms with van der Waals surface area (Å²) in [7, 11) is -4.46. The maximum atomic E-state index is 14.5. The lowest BCUT2D eigenvalue weighted by Gasteiger charge is -2.28. The second-order valence-electron chi connectivity index (χ2n) is 9.90. The van der Waals surface area contributed by atoms with E-state index >= 15 is 0 Å². The Labute approximate surface area is 256 Å². The summed E-state index contributed by atoms with van der Waals surface area (Å²) in [6.07, 6.45) is -4.22. The van der Waals surface area contributed by atoms with Crippen molar-refractivity contribution < 1.29 is 41.8 Å². The first-order chi connectivity index (χ1) is 20.7. The number of esters is 1. The maximum absolute atomic E-state index is 14.5. The van der Waals surface area contributed by atoms with Gasteiger partial charge in [0.1, 0.15) is 29.9 Å². The highest BCUT2D eigenvalue weighted by molar-refractivity contribution is 7.52. The molecule has 0 amide bonds. The van der Waals surface area contributed by atoms with Crippen molar-refractivity contribution in [1.29, 1.82) is 0 Å². The van der Waals surface area contributed by atoms with Gasteiger partial charge in [-0.25, -0.2) is 18.1 Å². The zero-order chi connectivity index (χ0) is 32.6. The van der Waals surface area contributed by atoms with Gasteiger partial charge in [0.25, 0.3) is 5.56 Å². The van der Waals surface area contributed by atoms with Crippen LogP contribution in [-0.2, 0) is 23.4 Å². The van der Waals surface area contributed by atoms with Gasteiger partial charge in [0.2, 0.25) is 0 Å². The molecule has 0 saturated carbocycles. The number of hydrogen-bond acceptors (Lipinski definition) is 9. The predicted octanol–water partition coefficient (Wildman–Crippen LogP) is 4.36. The third-order valence-corrected chi connectivity index (χ3v) is 7.74. The fourth-order valence-electron chi connectivity index (χ4n) is 3.81. The Balaban J connectivity index is 1.83. The lowest BCUT2D eigenvalue weighted by atomic mass is 10.1. The lowest BCUT2D eigenvalue weighted by Crippen LogP contribution is -2.40. The number of ether oxygens (including phenoxy) is 2. The molecule has 0 aliphatic carbocycles. The van der Waals surface area contributed by atoms with Crippen molar-refractivity contribution in [3.8, 4) is 16.9 Å². The van der Waals surface area contributed by atoms with Gasteiger partial charge in [0.05, 0.1) is 19.3 Å². The van der Waals surface area contributed by atoms with Crippen molar-refractivity contribution in [2.24, 2.45) is 0 Å². The van der Waals surface area contributed by atoms with Crippen LogP contribution in [0.15, 0.2) is 64.3 Å². The van der Waals surface area contributed by atoms with Crippen molar-refractivity contribution >= 4 is 25.3 Å². The molecule has 5 unspecified atom stereocenters. The number of rotatable bonds is 15. The van der Waals surface area contributed by atoms with Gasteiger partial charge in [0, 0.05) is 22.8 Å². The van der Waals surface area contributed by atoms with Crippen LogP contribution < -0.4 is 20.9 Å². The van der Waals surface area contributed by atoms with E-state index in [4.69, 9.17) is 30.1 Å². The molecule has 44 heavy (non-hydrogen) atoms. The fourth-order valence-corrected chi connectivity index (χ4v) is 5.49. The second kappa shape index (κ2) is 15.6. The van der Waals surface area contributed by atoms with E-state index in [2.05, 4.69) is 5.09 Å². The number of hydrogen-bond donors (Lipinski definition) is 3. The fraction of sp³-hybridized carbons (Fsp3) is 0.393. The first-order valence-corrected chi connectivity index (χ1v) is 15.3. The summed E-state index contributed by atoms with van der Waals surface area (Å²) in [4.78, 5) is 38.1. The van der Waals surface area contributed by atoms with Crippen LogP contribution in [0.1, 0.15) is 33.9 Å². The third kappa shape index (κ3) is 9.81. The Hall–Kier alpha value is -3.39. The van der Waals surface area contributed by atoms with Gasteiger partial charge in [-0.1, -0.05) is 23.7 Å². The number of halogens is 3. The molecule has 0 saturated heterocycles. The zero-order valence-corrected chi connectivity index (χ0v) is 25.9. The molecule has 0 bridgehead atoms. The van der Waals surface area contributed by atoms with Crippen LogP contribution in [-0.4, -0.2) is 58.3 Å². The largest absolute Gasteiger partial charge is 0.462 e. The lowest BCUT2D eigenvalue weighted by molar-refractivity contribution is -0.149. The Morgan fingerprint density at radius 3 is 2.36 bits per heavy atom. The quantitative estimate of drug-likeness (QED) is 0.158. The van der Waals surface area contributed by atoms with Crippen LogP contribution in [0.3, 0.4) is 0 Å². The van der Waals surface area contributed by atoms with E-state index in [1.54, 1.807) is 13.8 Å². The summed E-state index contributed by atoms with van der Waals surface area (Å²) >= 11 is 5.83.